The van der Waals surface area contributed by atoms with Gasteiger partial charge in [-0.15, -0.1) is 0 Å². The van der Waals surface area contributed by atoms with E-state index in [2.05, 4.69) is 26.0 Å². The zero-order valence-electron chi connectivity index (χ0n) is 11.5. The smallest absolute Gasteiger partial charge is 0.227 e. The molecule has 0 N–H and O–H groups in total. The van der Waals surface area contributed by atoms with Gasteiger partial charge in [-0.2, -0.15) is 0 Å². The molecule has 0 bridgehead atoms. The van der Waals surface area contributed by atoms with E-state index in [-0.39, 0.29) is 11.2 Å². The second-order valence-electron chi connectivity index (χ2n) is 4.86. The molecule has 3 heteroatoms. The average molecular weight is 258 g/mol. The van der Waals surface area contributed by atoms with Gasteiger partial charge in [0.15, 0.2) is 0 Å². The van der Waals surface area contributed by atoms with Crippen LogP contribution in [0.15, 0.2) is 45.8 Å². The Kier molecular flexibility index (Phi) is 4.05. The maximum atomic E-state index is 11.6. The van der Waals surface area contributed by atoms with Crippen molar-refractivity contribution in [1.82, 2.24) is 0 Å². The third-order valence-corrected chi connectivity index (χ3v) is 3.04. The maximum Gasteiger partial charge on any atom is 0.227 e. The molecule has 0 atom stereocenters. The number of hydrogen-bond donors (Lipinski definition) is 0. The fourth-order valence-corrected chi connectivity index (χ4v) is 1.83. The van der Waals surface area contributed by atoms with Crippen LogP contribution in [-0.4, -0.2) is 0 Å². The van der Waals surface area contributed by atoms with E-state index < -0.39 is 0 Å². The van der Waals surface area contributed by atoms with Crippen LogP contribution >= 0.6 is 0 Å². The maximum absolute atomic E-state index is 11.6. The Morgan fingerprint density at radius 3 is 2.42 bits per heavy atom. The molecule has 0 unspecified atom stereocenters. The summed E-state index contributed by atoms with van der Waals surface area (Å²) in [5, 5.41) is 0. The lowest BCUT2D eigenvalue weighted by Crippen LogP contribution is -2.08. The molecule has 0 aliphatic carbocycles. The number of hydrogen-bond acceptors (Lipinski definition) is 3. The van der Waals surface area contributed by atoms with Crippen molar-refractivity contribution in [3.63, 3.8) is 0 Å². The number of benzene rings is 1. The van der Waals surface area contributed by atoms with Crippen molar-refractivity contribution in [3.05, 3.63) is 63.7 Å². The molecule has 0 aliphatic rings. The molecule has 1 heterocycles. The molecular weight excluding hydrogens is 240 g/mol. The van der Waals surface area contributed by atoms with Crippen LogP contribution in [0.1, 0.15) is 36.7 Å². The predicted molar refractivity (Wildman–Crippen MR) is 74.6 cm³/mol. The number of aryl methyl sites for hydroxylation is 1. The minimum Gasteiger partial charge on any atom is -0.482 e. The molecule has 0 saturated carbocycles. The normalized spacial score (nSPS) is 10.7. The van der Waals surface area contributed by atoms with Gasteiger partial charge in [-0.3, -0.25) is 4.79 Å². The molecule has 0 fully saturated rings. The van der Waals surface area contributed by atoms with Crippen molar-refractivity contribution >= 4 is 0 Å². The lowest BCUT2D eigenvalue weighted by Gasteiger charge is -2.09. The van der Waals surface area contributed by atoms with Crippen LogP contribution < -0.4 is 10.2 Å². The van der Waals surface area contributed by atoms with Crippen molar-refractivity contribution in [3.8, 4) is 5.75 Å². The fraction of sp³-hybridized carbons (Fsp3) is 0.312. The summed E-state index contributed by atoms with van der Waals surface area (Å²) >= 11 is 0. The minimum absolute atomic E-state index is 0.150. The van der Waals surface area contributed by atoms with Gasteiger partial charge in [0, 0.05) is 6.07 Å². The van der Waals surface area contributed by atoms with Gasteiger partial charge in [-0.05, 0) is 24.0 Å². The highest BCUT2D eigenvalue weighted by atomic mass is 16.5. The van der Waals surface area contributed by atoms with Crippen molar-refractivity contribution in [2.24, 2.45) is 0 Å². The molecule has 0 saturated heterocycles. The van der Waals surface area contributed by atoms with Crippen LogP contribution in [0.2, 0.25) is 0 Å². The largest absolute Gasteiger partial charge is 0.482 e. The van der Waals surface area contributed by atoms with Crippen LogP contribution in [0.3, 0.4) is 0 Å². The SMILES string of the molecule is Cc1occc(=O)c1OCc1ccc(C(C)C)cc1. The number of ether oxygens (including phenoxy) is 1. The van der Waals surface area contributed by atoms with E-state index in [9.17, 15) is 4.79 Å². The van der Waals surface area contributed by atoms with Gasteiger partial charge in [-0.25, -0.2) is 0 Å². The third-order valence-electron chi connectivity index (χ3n) is 3.04. The monoisotopic (exact) mass is 258 g/mol. The zero-order valence-corrected chi connectivity index (χ0v) is 11.5. The Labute approximate surface area is 112 Å². The van der Waals surface area contributed by atoms with Crippen molar-refractivity contribution in [2.75, 3.05) is 0 Å². The van der Waals surface area contributed by atoms with Crippen molar-refractivity contribution in [2.45, 2.75) is 33.3 Å². The lowest BCUT2D eigenvalue weighted by atomic mass is 10.0. The molecule has 19 heavy (non-hydrogen) atoms. The highest BCUT2D eigenvalue weighted by Gasteiger charge is 2.07. The van der Waals surface area contributed by atoms with Crippen molar-refractivity contribution < 1.29 is 9.15 Å². The van der Waals surface area contributed by atoms with Crippen molar-refractivity contribution in [1.29, 1.82) is 0 Å². The third kappa shape index (κ3) is 3.25. The highest BCUT2D eigenvalue weighted by Crippen LogP contribution is 2.17. The first-order valence-corrected chi connectivity index (χ1v) is 6.38. The van der Waals surface area contributed by atoms with Gasteiger partial charge in [-0.1, -0.05) is 38.1 Å². The van der Waals surface area contributed by atoms with E-state index in [1.54, 1.807) is 6.92 Å². The predicted octanol–water partition coefficient (Wildman–Crippen LogP) is 3.65. The van der Waals surface area contributed by atoms with E-state index in [1.807, 2.05) is 12.1 Å². The van der Waals surface area contributed by atoms with E-state index in [0.717, 1.165) is 5.56 Å². The second-order valence-corrected chi connectivity index (χ2v) is 4.86. The van der Waals surface area contributed by atoms with Crippen LogP contribution in [-0.2, 0) is 6.61 Å². The average Bonchev–Trinajstić information content (AvgIpc) is 2.38. The summed E-state index contributed by atoms with van der Waals surface area (Å²) in [5.41, 5.74) is 2.17. The first-order valence-electron chi connectivity index (χ1n) is 6.38. The summed E-state index contributed by atoms with van der Waals surface area (Å²) in [7, 11) is 0. The summed E-state index contributed by atoms with van der Waals surface area (Å²) in [6.45, 7) is 6.40. The Balaban J connectivity index is 2.08. The first-order chi connectivity index (χ1) is 9.08. The van der Waals surface area contributed by atoms with Gasteiger partial charge in [0.1, 0.15) is 12.4 Å². The van der Waals surface area contributed by atoms with Gasteiger partial charge < -0.3 is 9.15 Å². The van der Waals surface area contributed by atoms with Crippen LogP contribution in [0.5, 0.6) is 5.75 Å². The molecule has 2 rings (SSSR count). The zero-order chi connectivity index (χ0) is 13.8. The molecule has 1 aromatic heterocycles. The standard InChI is InChI=1S/C16H18O3/c1-11(2)14-6-4-13(5-7-14)10-19-16-12(3)18-9-8-15(16)17/h4-9,11H,10H2,1-3H3. The second kappa shape index (κ2) is 5.74. The topological polar surface area (TPSA) is 39.4 Å². The molecule has 3 nitrogen and oxygen atoms in total. The van der Waals surface area contributed by atoms with Gasteiger partial charge in [0.05, 0.1) is 6.26 Å². The van der Waals surface area contributed by atoms with E-state index >= 15 is 0 Å². The van der Waals surface area contributed by atoms with E-state index in [1.165, 1.54) is 17.9 Å². The van der Waals surface area contributed by atoms with Gasteiger partial charge in [0.25, 0.3) is 0 Å². The Morgan fingerprint density at radius 2 is 1.84 bits per heavy atom. The van der Waals surface area contributed by atoms with E-state index in [4.69, 9.17) is 9.15 Å². The number of rotatable bonds is 4. The van der Waals surface area contributed by atoms with Gasteiger partial charge in [0.2, 0.25) is 11.2 Å². The molecule has 0 radical (unpaired) electrons. The molecule has 0 aliphatic heterocycles. The summed E-state index contributed by atoms with van der Waals surface area (Å²) in [4.78, 5) is 11.6. The Morgan fingerprint density at radius 1 is 1.16 bits per heavy atom. The molecule has 100 valence electrons. The molecular formula is C16H18O3. The molecule has 2 aromatic rings. The van der Waals surface area contributed by atoms with Crippen LogP contribution in [0.25, 0.3) is 0 Å². The fourth-order valence-electron chi connectivity index (χ4n) is 1.83. The van der Waals surface area contributed by atoms with Crippen LogP contribution in [0, 0.1) is 6.92 Å². The first kappa shape index (κ1) is 13.4. The lowest BCUT2D eigenvalue weighted by molar-refractivity contribution is 0.286. The summed E-state index contributed by atoms with van der Waals surface area (Å²) in [6.07, 6.45) is 1.38. The summed E-state index contributed by atoms with van der Waals surface area (Å²) in [5.74, 6) is 1.31. The molecule has 0 amide bonds. The minimum atomic E-state index is -0.150. The van der Waals surface area contributed by atoms with E-state index in [0.29, 0.717) is 18.3 Å². The quantitative estimate of drug-likeness (QED) is 0.840. The molecule has 1 aromatic carbocycles. The highest BCUT2D eigenvalue weighted by molar-refractivity contribution is 5.26. The Hall–Kier alpha value is -2.03. The Bertz CT molecular complexity index is 594. The summed E-state index contributed by atoms with van der Waals surface area (Å²) < 4.78 is 10.7. The van der Waals surface area contributed by atoms with Gasteiger partial charge >= 0.3 is 0 Å². The summed E-state index contributed by atoms with van der Waals surface area (Å²) in [6, 6.07) is 9.59. The van der Waals surface area contributed by atoms with Crippen LogP contribution in [0.4, 0.5) is 0 Å². The molecule has 0 spiro atoms.